The molecule has 1 aromatic carbocycles. The number of hydrogen-bond donors (Lipinski definition) is 1. The minimum absolute atomic E-state index is 0.233. The van der Waals surface area contributed by atoms with Gasteiger partial charge in [0.2, 0.25) is 0 Å². The summed E-state index contributed by atoms with van der Waals surface area (Å²) >= 11 is 2.21. The van der Waals surface area contributed by atoms with Crippen LogP contribution in [-0.4, -0.2) is 17.0 Å². The molecule has 0 saturated carbocycles. The second-order valence-electron chi connectivity index (χ2n) is 3.94. The molecule has 0 amide bonds. The average molecular weight is 357 g/mol. The van der Waals surface area contributed by atoms with Crippen molar-refractivity contribution in [1.82, 2.24) is 9.97 Å². The van der Waals surface area contributed by atoms with Gasteiger partial charge in [-0.2, -0.15) is 0 Å². The van der Waals surface area contributed by atoms with Gasteiger partial charge in [-0.3, -0.25) is 0 Å². The highest BCUT2D eigenvalue weighted by atomic mass is 127. The van der Waals surface area contributed by atoms with Crippen molar-refractivity contribution >= 4 is 28.4 Å². The first-order valence-corrected chi connectivity index (χ1v) is 6.63. The van der Waals surface area contributed by atoms with Crippen LogP contribution in [0.25, 0.3) is 0 Å². The van der Waals surface area contributed by atoms with Crippen LogP contribution in [0.3, 0.4) is 0 Å². The lowest BCUT2D eigenvalue weighted by atomic mass is 10.1. The molecule has 94 valence electrons. The van der Waals surface area contributed by atoms with Crippen molar-refractivity contribution in [3.05, 3.63) is 50.7 Å². The van der Waals surface area contributed by atoms with Crippen molar-refractivity contribution in [2.45, 2.75) is 13.3 Å². The molecule has 0 unspecified atom stereocenters. The van der Waals surface area contributed by atoms with Crippen molar-refractivity contribution in [2.24, 2.45) is 0 Å². The topological polar surface area (TPSA) is 37.8 Å². The van der Waals surface area contributed by atoms with Gasteiger partial charge in [-0.1, -0.05) is 12.1 Å². The lowest BCUT2D eigenvalue weighted by Crippen LogP contribution is -2.06. The first-order valence-electron chi connectivity index (χ1n) is 5.55. The van der Waals surface area contributed by atoms with Gasteiger partial charge in [-0.05, 0) is 47.2 Å². The van der Waals surface area contributed by atoms with Gasteiger partial charge in [0.15, 0.2) is 0 Å². The van der Waals surface area contributed by atoms with E-state index in [2.05, 4.69) is 37.9 Å². The highest BCUT2D eigenvalue weighted by Gasteiger charge is 2.08. The van der Waals surface area contributed by atoms with Crippen LogP contribution in [0.15, 0.2) is 24.3 Å². The molecule has 0 aliphatic rings. The largest absolute Gasteiger partial charge is 0.372 e. The predicted molar refractivity (Wildman–Crippen MR) is 78.2 cm³/mol. The maximum absolute atomic E-state index is 13.1. The van der Waals surface area contributed by atoms with Crippen molar-refractivity contribution in [3.63, 3.8) is 0 Å². The molecule has 5 heteroatoms. The van der Waals surface area contributed by atoms with Crippen LogP contribution in [0.5, 0.6) is 0 Å². The quantitative estimate of drug-likeness (QED) is 0.858. The number of aromatic nitrogens is 2. The molecule has 3 nitrogen and oxygen atoms in total. The average Bonchev–Trinajstić information content (AvgIpc) is 2.33. The molecule has 0 radical (unpaired) electrons. The Kier molecular flexibility index (Phi) is 4.11. The minimum Gasteiger partial charge on any atom is -0.372 e. The SMILES string of the molecule is CNc1nc(Cc2cccc(F)c2)nc(C)c1I. The maximum Gasteiger partial charge on any atom is 0.143 e. The highest BCUT2D eigenvalue weighted by molar-refractivity contribution is 14.1. The van der Waals surface area contributed by atoms with E-state index in [0.29, 0.717) is 12.2 Å². The molecular formula is C13H13FIN3. The van der Waals surface area contributed by atoms with E-state index in [0.717, 1.165) is 20.6 Å². The Balaban J connectivity index is 2.32. The molecule has 2 aromatic rings. The number of hydrogen-bond acceptors (Lipinski definition) is 3. The van der Waals surface area contributed by atoms with Crippen molar-refractivity contribution in [3.8, 4) is 0 Å². The molecule has 0 atom stereocenters. The second-order valence-corrected chi connectivity index (χ2v) is 5.02. The zero-order valence-corrected chi connectivity index (χ0v) is 12.3. The molecule has 0 spiro atoms. The van der Waals surface area contributed by atoms with Crippen molar-refractivity contribution in [2.75, 3.05) is 12.4 Å². The zero-order valence-electron chi connectivity index (χ0n) is 10.2. The summed E-state index contributed by atoms with van der Waals surface area (Å²) in [7, 11) is 1.83. The Morgan fingerprint density at radius 1 is 1.33 bits per heavy atom. The summed E-state index contributed by atoms with van der Waals surface area (Å²) in [4.78, 5) is 8.85. The van der Waals surface area contributed by atoms with Crippen LogP contribution in [0.1, 0.15) is 17.1 Å². The lowest BCUT2D eigenvalue weighted by molar-refractivity contribution is 0.625. The van der Waals surface area contributed by atoms with Gasteiger partial charge in [0, 0.05) is 13.5 Å². The fraction of sp³-hybridized carbons (Fsp3) is 0.231. The van der Waals surface area contributed by atoms with Crippen LogP contribution in [0, 0.1) is 16.3 Å². The second kappa shape index (κ2) is 5.60. The zero-order chi connectivity index (χ0) is 13.1. The first-order chi connectivity index (χ1) is 8.60. The maximum atomic E-state index is 13.1. The summed E-state index contributed by atoms with van der Waals surface area (Å²) in [6, 6.07) is 6.51. The van der Waals surface area contributed by atoms with Gasteiger partial charge in [0.1, 0.15) is 17.5 Å². The van der Waals surface area contributed by atoms with E-state index in [-0.39, 0.29) is 5.82 Å². The summed E-state index contributed by atoms with van der Waals surface area (Å²) in [5.74, 6) is 1.28. The molecule has 2 rings (SSSR count). The third kappa shape index (κ3) is 2.95. The predicted octanol–water partition coefficient (Wildman–Crippen LogP) is 3.16. The summed E-state index contributed by atoms with van der Waals surface area (Å²) < 4.78 is 14.1. The number of nitrogens with one attached hydrogen (secondary N) is 1. The van der Waals surface area contributed by atoms with Gasteiger partial charge in [0.05, 0.1) is 9.26 Å². The smallest absolute Gasteiger partial charge is 0.143 e. The number of benzene rings is 1. The summed E-state index contributed by atoms with van der Waals surface area (Å²) in [6.45, 7) is 1.94. The highest BCUT2D eigenvalue weighted by Crippen LogP contribution is 2.19. The van der Waals surface area contributed by atoms with E-state index in [1.165, 1.54) is 12.1 Å². The van der Waals surface area contributed by atoms with Gasteiger partial charge in [-0.15, -0.1) is 0 Å². The fourth-order valence-electron chi connectivity index (χ4n) is 1.69. The number of anilines is 1. The number of rotatable bonds is 3. The van der Waals surface area contributed by atoms with E-state index >= 15 is 0 Å². The number of aryl methyl sites for hydroxylation is 1. The van der Waals surface area contributed by atoms with E-state index in [9.17, 15) is 4.39 Å². The van der Waals surface area contributed by atoms with E-state index in [4.69, 9.17) is 0 Å². The van der Waals surface area contributed by atoms with Gasteiger partial charge < -0.3 is 5.32 Å². The molecule has 0 bridgehead atoms. The normalized spacial score (nSPS) is 10.4. The third-order valence-corrected chi connectivity index (χ3v) is 3.84. The third-order valence-electron chi connectivity index (χ3n) is 2.55. The molecular weight excluding hydrogens is 344 g/mol. The van der Waals surface area contributed by atoms with Crippen LogP contribution in [-0.2, 0) is 6.42 Å². The summed E-state index contributed by atoms with van der Waals surface area (Å²) in [6.07, 6.45) is 0.532. The Morgan fingerprint density at radius 3 is 2.78 bits per heavy atom. The Bertz CT molecular complexity index is 572. The van der Waals surface area contributed by atoms with E-state index in [1.807, 2.05) is 20.0 Å². The van der Waals surface area contributed by atoms with Crippen molar-refractivity contribution in [1.29, 1.82) is 0 Å². The van der Waals surface area contributed by atoms with Crippen LogP contribution < -0.4 is 5.32 Å². The number of nitrogens with zero attached hydrogens (tertiary/aromatic N) is 2. The Hall–Kier alpha value is -1.24. The molecule has 0 fully saturated rings. The van der Waals surface area contributed by atoms with Gasteiger partial charge in [-0.25, -0.2) is 14.4 Å². The van der Waals surface area contributed by atoms with E-state index in [1.54, 1.807) is 6.07 Å². The fourth-order valence-corrected chi connectivity index (χ4v) is 2.20. The molecule has 1 aromatic heterocycles. The van der Waals surface area contributed by atoms with Crippen LogP contribution in [0.4, 0.5) is 10.2 Å². The summed E-state index contributed by atoms with van der Waals surface area (Å²) in [5, 5.41) is 3.04. The Morgan fingerprint density at radius 2 is 2.11 bits per heavy atom. The first kappa shape index (κ1) is 13.2. The van der Waals surface area contributed by atoms with Crippen LogP contribution in [0.2, 0.25) is 0 Å². The summed E-state index contributed by atoms with van der Waals surface area (Å²) in [5.41, 5.74) is 1.80. The molecule has 18 heavy (non-hydrogen) atoms. The van der Waals surface area contributed by atoms with Crippen molar-refractivity contribution < 1.29 is 4.39 Å². The minimum atomic E-state index is -0.233. The van der Waals surface area contributed by atoms with E-state index < -0.39 is 0 Å². The van der Waals surface area contributed by atoms with Gasteiger partial charge in [0.25, 0.3) is 0 Å². The molecule has 0 aliphatic heterocycles. The standard InChI is InChI=1S/C13H13FIN3/c1-8-12(15)13(16-2)18-11(17-8)7-9-4-3-5-10(14)6-9/h3-6H,7H2,1-2H3,(H,16,17,18). The number of halogens is 2. The molecule has 0 aliphatic carbocycles. The van der Waals surface area contributed by atoms with Crippen LogP contribution >= 0.6 is 22.6 Å². The molecule has 1 N–H and O–H groups in total. The van der Waals surface area contributed by atoms with Gasteiger partial charge >= 0.3 is 0 Å². The molecule has 1 heterocycles. The Labute approximate surface area is 119 Å². The lowest BCUT2D eigenvalue weighted by Gasteiger charge is -2.08. The molecule has 0 saturated heterocycles. The monoisotopic (exact) mass is 357 g/mol.